The van der Waals surface area contributed by atoms with Crippen molar-refractivity contribution < 1.29 is 89.4 Å². The molecular weight excluding hydrogens is 1290 g/mol. The average molecular weight is 1420 g/mol. The molecule has 0 spiro atoms. The van der Waals surface area contributed by atoms with E-state index >= 15 is 0 Å². The molecule has 3 heterocycles. The number of aliphatic hydroxyl groups is 11. The van der Waals surface area contributed by atoms with Crippen molar-refractivity contribution in [1.29, 1.82) is 0 Å². The zero-order valence-corrected chi connectivity index (χ0v) is 61.1. The molecule has 0 aliphatic carbocycles. The van der Waals surface area contributed by atoms with Crippen molar-refractivity contribution in [2.45, 2.75) is 324 Å². The van der Waals surface area contributed by atoms with Crippen molar-refractivity contribution in [3.05, 3.63) is 158 Å². The van der Waals surface area contributed by atoms with Crippen LogP contribution < -0.4 is 5.32 Å². The van der Waals surface area contributed by atoms with Gasteiger partial charge in [0.1, 0.15) is 73.2 Å². The average Bonchev–Trinajstić information content (AvgIpc) is 0.782. The summed E-state index contributed by atoms with van der Waals surface area (Å²) in [5, 5.41) is 121. The summed E-state index contributed by atoms with van der Waals surface area (Å²) in [4.78, 5) is 13.4. The standard InChI is InChI=1S/C82H133NO18/c1-3-5-7-9-11-13-15-17-19-20-21-22-23-24-25-26-27-28-29-30-31-32-33-34-35-36-37-38-39-40-41-42-43-44-46-48-50-52-54-56-58-60-70(88)83-65(66(87)59-57-55-53-51-49-47-45-18-16-14-12-10-8-6-4-2)64-96-80-76(94)73(91)78(68(62-85)98-80)101-82-77(95)74(92)79(69(63-86)99-82)100-81-75(93)72(90)71(89)67(61-84)97-81/h5,7,11,13,17,19,21-22,24-25,27-28,30-31,33-34,36-37,39-40,42-43,49,51,57,59,65-69,71-82,84-87,89-95H,3-4,6,8-10,12,14-16,18,20,23,26,29,32,35,38,41,44-48,50,52-56,58,60-64H2,1-2H3,(H,83,88)/b7-5-,13-11-,19-17-,22-21-,25-24-,28-27-,31-30-,34-33-,37-36-,40-39-,43-42-,51-49+,59-57+. The maximum absolute atomic E-state index is 13.4. The molecule has 19 nitrogen and oxygen atoms in total. The zero-order valence-electron chi connectivity index (χ0n) is 61.1. The van der Waals surface area contributed by atoms with Gasteiger partial charge in [-0.25, -0.2) is 0 Å². The minimum absolute atomic E-state index is 0.212. The second kappa shape index (κ2) is 60.7. The largest absolute Gasteiger partial charge is 0.394 e. The van der Waals surface area contributed by atoms with Crippen molar-refractivity contribution >= 4 is 5.91 Å². The van der Waals surface area contributed by atoms with Crippen LogP contribution in [0.15, 0.2) is 158 Å². The first-order chi connectivity index (χ1) is 49.3. The van der Waals surface area contributed by atoms with Crippen molar-refractivity contribution in [2.24, 2.45) is 0 Å². The molecule has 3 fully saturated rings. The summed E-state index contributed by atoms with van der Waals surface area (Å²) in [6.07, 6.45) is 62.3. The van der Waals surface area contributed by atoms with Crippen LogP contribution >= 0.6 is 0 Å². The molecule has 19 heteroatoms. The summed E-state index contributed by atoms with van der Waals surface area (Å²) in [5.74, 6) is -0.304. The zero-order chi connectivity index (χ0) is 73.2. The number of rotatable bonds is 57. The SMILES string of the molecule is CC/C=C\C/C=C\C/C=C\C/C=C\C/C=C\C/C=C\C/C=C\C/C=C\C/C=C\C/C=C\C/C=C\CCCCCCCCCC(=O)NC(COC1OC(CO)C(OC2OC(CO)C(OC3OC(CO)C(O)C(O)C3O)C(O)C2O)C(O)C1O)C(O)/C=C/CC/C=C/CCCCCCCCCCC. The Hall–Kier alpha value is -4.59. The highest BCUT2D eigenvalue weighted by atomic mass is 16.8. The molecule has 0 aromatic carbocycles. The number of hydrogen-bond acceptors (Lipinski definition) is 18. The summed E-state index contributed by atoms with van der Waals surface area (Å²) in [6.45, 7) is 1.56. The Morgan fingerprint density at radius 2 is 0.693 bits per heavy atom. The maximum Gasteiger partial charge on any atom is 0.220 e. The molecule has 0 aromatic heterocycles. The van der Waals surface area contributed by atoms with Crippen LogP contribution in [0, 0.1) is 0 Å². The van der Waals surface area contributed by atoms with Crippen LogP contribution in [-0.4, -0.2) is 193 Å². The molecule has 101 heavy (non-hydrogen) atoms. The molecule has 0 aromatic rings. The Balaban J connectivity index is 1.35. The van der Waals surface area contributed by atoms with Gasteiger partial charge in [0.15, 0.2) is 18.9 Å². The number of nitrogens with one attached hydrogen (secondary N) is 1. The van der Waals surface area contributed by atoms with Crippen molar-refractivity contribution in [2.75, 3.05) is 26.4 Å². The molecule has 3 saturated heterocycles. The summed E-state index contributed by atoms with van der Waals surface area (Å²) in [5.41, 5.74) is 0. The maximum atomic E-state index is 13.4. The second-order valence-corrected chi connectivity index (χ2v) is 26.4. The lowest BCUT2D eigenvalue weighted by atomic mass is 9.96. The minimum Gasteiger partial charge on any atom is -0.394 e. The first kappa shape index (κ1) is 90.6. The van der Waals surface area contributed by atoms with Crippen molar-refractivity contribution in [1.82, 2.24) is 5.32 Å². The molecule has 1 amide bonds. The Bertz CT molecular complexity index is 2440. The summed E-state index contributed by atoms with van der Waals surface area (Å²) < 4.78 is 34.3. The fourth-order valence-corrected chi connectivity index (χ4v) is 11.7. The molecule has 17 unspecified atom stereocenters. The third-order valence-electron chi connectivity index (χ3n) is 17.8. The number of carbonyl (C=O) groups excluding carboxylic acids is 1. The first-order valence-corrected chi connectivity index (χ1v) is 38.2. The molecule has 3 aliphatic rings. The van der Waals surface area contributed by atoms with Gasteiger partial charge < -0.3 is 89.9 Å². The van der Waals surface area contributed by atoms with E-state index in [0.717, 1.165) is 135 Å². The predicted molar refractivity (Wildman–Crippen MR) is 401 cm³/mol. The topological polar surface area (TPSA) is 307 Å². The molecule has 3 aliphatic heterocycles. The number of amides is 1. The van der Waals surface area contributed by atoms with E-state index in [2.05, 4.69) is 165 Å². The van der Waals surface area contributed by atoms with Crippen LogP contribution in [-0.2, 0) is 33.2 Å². The number of carbonyl (C=O) groups is 1. The number of aliphatic hydroxyl groups excluding tert-OH is 11. The fraction of sp³-hybridized carbons (Fsp3) is 0.671. The van der Waals surface area contributed by atoms with Gasteiger partial charge in [0, 0.05) is 6.42 Å². The smallest absolute Gasteiger partial charge is 0.220 e. The lowest BCUT2D eigenvalue weighted by molar-refractivity contribution is -0.379. The number of hydrogen-bond donors (Lipinski definition) is 12. The lowest BCUT2D eigenvalue weighted by Gasteiger charge is -2.48. The second-order valence-electron chi connectivity index (χ2n) is 26.4. The van der Waals surface area contributed by atoms with Gasteiger partial charge in [0.05, 0.1) is 38.6 Å². The molecule has 574 valence electrons. The van der Waals surface area contributed by atoms with Crippen molar-refractivity contribution in [3.8, 4) is 0 Å². The molecular formula is C82H133NO18. The number of allylic oxidation sites excluding steroid dienone is 25. The van der Waals surface area contributed by atoms with Crippen LogP contribution in [0.1, 0.15) is 219 Å². The molecule has 0 saturated carbocycles. The molecule has 0 bridgehead atoms. The highest BCUT2D eigenvalue weighted by Gasteiger charge is 2.53. The monoisotopic (exact) mass is 1420 g/mol. The summed E-state index contributed by atoms with van der Waals surface area (Å²) >= 11 is 0. The third kappa shape index (κ3) is 41.0. The number of ether oxygens (including phenoxy) is 6. The van der Waals surface area contributed by atoms with Gasteiger partial charge in [-0.15, -0.1) is 0 Å². The van der Waals surface area contributed by atoms with Gasteiger partial charge in [-0.1, -0.05) is 255 Å². The normalized spacial score (nSPS) is 27.2. The Kier molecular flexibility index (Phi) is 54.4. The molecule has 12 N–H and O–H groups in total. The first-order valence-electron chi connectivity index (χ1n) is 38.2. The van der Waals surface area contributed by atoms with Crippen LogP contribution in [0.3, 0.4) is 0 Å². The molecule has 3 rings (SSSR count). The van der Waals surface area contributed by atoms with E-state index in [-0.39, 0.29) is 18.9 Å². The van der Waals surface area contributed by atoms with Crippen LogP contribution in [0.4, 0.5) is 0 Å². The summed E-state index contributed by atoms with van der Waals surface area (Å²) in [6, 6.07) is -1.01. The van der Waals surface area contributed by atoms with Gasteiger partial charge in [-0.05, 0) is 116 Å². The quantitative estimate of drug-likeness (QED) is 0.0199. The summed E-state index contributed by atoms with van der Waals surface area (Å²) in [7, 11) is 0. The van der Waals surface area contributed by atoms with E-state index in [1.165, 1.54) is 51.4 Å². The third-order valence-corrected chi connectivity index (χ3v) is 17.8. The van der Waals surface area contributed by atoms with Crippen LogP contribution in [0.5, 0.6) is 0 Å². The number of unbranched alkanes of at least 4 members (excludes halogenated alkanes) is 17. The van der Waals surface area contributed by atoms with E-state index in [9.17, 15) is 61.0 Å². The Morgan fingerprint density at radius 1 is 0.366 bits per heavy atom. The lowest BCUT2D eigenvalue weighted by Crippen LogP contribution is -2.66. The predicted octanol–water partition coefficient (Wildman–Crippen LogP) is 12.1. The molecule has 17 atom stereocenters. The van der Waals surface area contributed by atoms with Crippen LogP contribution in [0.25, 0.3) is 0 Å². The van der Waals surface area contributed by atoms with Gasteiger partial charge >= 0.3 is 0 Å². The van der Waals surface area contributed by atoms with E-state index < -0.39 is 124 Å². The highest BCUT2D eigenvalue weighted by Crippen LogP contribution is 2.33. The van der Waals surface area contributed by atoms with E-state index in [4.69, 9.17) is 28.4 Å². The van der Waals surface area contributed by atoms with Gasteiger partial charge in [0.2, 0.25) is 5.91 Å². The minimum atomic E-state index is -1.99. The Morgan fingerprint density at radius 3 is 1.11 bits per heavy atom. The van der Waals surface area contributed by atoms with Gasteiger partial charge in [-0.2, -0.15) is 0 Å². The van der Waals surface area contributed by atoms with E-state index in [0.29, 0.717) is 12.8 Å². The van der Waals surface area contributed by atoms with Gasteiger partial charge in [0.25, 0.3) is 0 Å². The Labute approximate surface area is 605 Å². The van der Waals surface area contributed by atoms with E-state index in [1.54, 1.807) is 6.08 Å². The van der Waals surface area contributed by atoms with Gasteiger partial charge in [-0.3, -0.25) is 4.79 Å². The highest BCUT2D eigenvalue weighted by molar-refractivity contribution is 5.76. The van der Waals surface area contributed by atoms with Crippen LogP contribution in [0.2, 0.25) is 0 Å². The fourth-order valence-electron chi connectivity index (χ4n) is 11.7. The molecule has 0 radical (unpaired) electrons. The van der Waals surface area contributed by atoms with E-state index in [1.807, 2.05) is 6.08 Å². The van der Waals surface area contributed by atoms with Crippen molar-refractivity contribution in [3.63, 3.8) is 0 Å².